The average Bonchev–Trinajstić information content (AvgIpc) is 2.86. The first-order chi connectivity index (χ1) is 9.13. The number of hydrogen-bond donors (Lipinski definition) is 1. The van der Waals surface area contributed by atoms with Gasteiger partial charge in [0.1, 0.15) is 5.82 Å². The Bertz CT molecular complexity index is 464. The summed E-state index contributed by atoms with van der Waals surface area (Å²) in [5, 5.41) is 3.20. The second-order valence-electron chi connectivity index (χ2n) is 4.84. The Morgan fingerprint density at radius 2 is 2.37 bits per heavy atom. The molecular weight excluding hydrogens is 244 g/mol. The van der Waals surface area contributed by atoms with Crippen LogP contribution in [-0.4, -0.2) is 49.7 Å². The van der Waals surface area contributed by atoms with E-state index in [9.17, 15) is 4.79 Å². The van der Waals surface area contributed by atoms with E-state index in [4.69, 9.17) is 0 Å². The van der Waals surface area contributed by atoms with Crippen molar-refractivity contribution in [2.45, 2.75) is 13.3 Å². The van der Waals surface area contributed by atoms with Crippen molar-refractivity contribution in [1.82, 2.24) is 15.3 Å². The Morgan fingerprint density at radius 3 is 3.05 bits per heavy atom. The summed E-state index contributed by atoms with van der Waals surface area (Å²) in [5.41, 5.74) is 0.780. The molecule has 0 aromatic carbocycles. The first-order valence-electron chi connectivity index (χ1n) is 6.47. The lowest BCUT2D eigenvalue weighted by atomic mass is 10.1. The van der Waals surface area contributed by atoms with Gasteiger partial charge in [-0.15, -0.1) is 0 Å². The molecule has 1 aliphatic rings. The summed E-state index contributed by atoms with van der Waals surface area (Å²) in [5.74, 6) is 1.08. The number of aromatic nitrogens is 2. The summed E-state index contributed by atoms with van der Waals surface area (Å²) in [6.45, 7) is 4.78. The number of nitrogens with one attached hydrogen (secondary N) is 1. The summed E-state index contributed by atoms with van der Waals surface area (Å²) >= 11 is 0. The molecular formula is C13H20N4O2. The summed E-state index contributed by atoms with van der Waals surface area (Å²) < 4.78 is 4.68. The fourth-order valence-corrected chi connectivity index (χ4v) is 2.39. The standard InChI is InChI=1S/C13H20N4O2/c1-9-6-11(16-12(15-9)13(18)19-3)17-5-4-10(8-17)7-14-2/h6,10,14H,4-5,7-8H2,1-3H3. The highest BCUT2D eigenvalue weighted by molar-refractivity contribution is 5.85. The number of anilines is 1. The molecule has 19 heavy (non-hydrogen) atoms. The van der Waals surface area contributed by atoms with E-state index < -0.39 is 5.97 Å². The molecule has 1 atom stereocenters. The Hall–Kier alpha value is -1.69. The van der Waals surface area contributed by atoms with Crippen molar-refractivity contribution in [3.8, 4) is 0 Å². The lowest BCUT2D eigenvalue weighted by molar-refractivity contribution is 0.0586. The van der Waals surface area contributed by atoms with Crippen molar-refractivity contribution in [1.29, 1.82) is 0 Å². The second-order valence-corrected chi connectivity index (χ2v) is 4.84. The van der Waals surface area contributed by atoms with Crippen molar-refractivity contribution in [2.24, 2.45) is 5.92 Å². The highest BCUT2D eigenvalue weighted by atomic mass is 16.5. The van der Waals surface area contributed by atoms with Crippen molar-refractivity contribution >= 4 is 11.8 Å². The van der Waals surface area contributed by atoms with E-state index in [-0.39, 0.29) is 5.82 Å². The molecule has 0 spiro atoms. The minimum atomic E-state index is -0.490. The van der Waals surface area contributed by atoms with Crippen molar-refractivity contribution in [3.63, 3.8) is 0 Å². The zero-order valence-electron chi connectivity index (χ0n) is 11.6. The lowest BCUT2D eigenvalue weighted by Crippen LogP contribution is -2.25. The smallest absolute Gasteiger partial charge is 0.376 e. The van der Waals surface area contributed by atoms with Gasteiger partial charge in [-0.2, -0.15) is 0 Å². The third-order valence-electron chi connectivity index (χ3n) is 3.31. The molecule has 1 unspecified atom stereocenters. The average molecular weight is 264 g/mol. The molecule has 6 nitrogen and oxygen atoms in total. The van der Waals surface area contributed by atoms with Gasteiger partial charge in [0.25, 0.3) is 0 Å². The van der Waals surface area contributed by atoms with Gasteiger partial charge in [0, 0.05) is 24.8 Å². The minimum absolute atomic E-state index is 0.134. The number of hydrogen-bond acceptors (Lipinski definition) is 6. The molecule has 1 N–H and O–H groups in total. The SMILES string of the molecule is CNCC1CCN(c2cc(C)nc(C(=O)OC)n2)C1. The van der Waals surface area contributed by atoms with E-state index in [0.717, 1.165) is 37.6 Å². The molecule has 0 aliphatic carbocycles. The summed E-state index contributed by atoms with van der Waals surface area (Å²) in [4.78, 5) is 22.1. The maximum Gasteiger partial charge on any atom is 0.376 e. The fraction of sp³-hybridized carbons (Fsp3) is 0.615. The van der Waals surface area contributed by atoms with E-state index in [0.29, 0.717) is 5.92 Å². The van der Waals surface area contributed by atoms with E-state index in [1.165, 1.54) is 7.11 Å². The molecule has 1 fully saturated rings. The third-order valence-corrected chi connectivity index (χ3v) is 3.31. The molecule has 6 heteroatoms. The molecule has 0 radical (unpaired) electrons. The van der Waals surface area contributed by atoms with Crippen LogP contribution in [0.15, 0.2) is 6.07 Å². The monoisotopic (exact) mass is 264 g/mol. The van der Waals surface area contributed by atoms with Crippen molar-refractivity contribution in [2.75, 3.05) is 38.7 Å². The van der Waals surface area contributed by atoms with Gasteiger partial charge in [-0.1, -0.05) is 0 Å². The molecule has 2 rings (SSSR count). The van der Waals surface area contributed by atoms with Gasteiger partial charge in [0.05, 0.1) is 7.11 Å². The van der Waals surface area contributed by atoms with Crippen LogP contribution in [0.3, 0.4) is 0 Å². The highest BCUT2D eigenvalue weighted by Gasteiger charge is 2.24. The van der Waals surface area contributed by atoms with Gasteiger partial charge in [-0.3, -0.25) is 0 Å². The fourth-order valence-electron chi connectivity index (χ4n) is 2.39. The molecule has 0 saturated carbocycles. The number of methoxy groups -OCH3 is 1. The maximum absolute atomic E-state index is 11.5. The predicted octanol–water partition coefficient (Wildman–Crippen LogP) is 0.617. The van der Waals surface area contributed by atoms with Crippen LogP contribution in [0.4, 0.5) is 5.82 Å². The molecule has 0 amide bonds. The Labute approximate surface area is 113 Å². The van der Waals surface area contributed by atoms with Gasteiger partial charge in [0.15, 0.2) is 0 Å². The number of esters is 1. The second kappa shape index (κ2) is 5.97. The van der Waals surface area contributed by atoms with E-state index in [1.807, 2.05) is 20.0 Å². The van der Waals surface area contributed by atoms with Gasteiger partial charge in [-0.05, 0) is 32.9 Å². The molecule has 1 aromatic heterocycles. The van der Waals surface area contributed by atoms with Gasteiger partial charge in [-0.25, -0.2) is 14.8 Å². The van der Waals surface area contributed by atoms with Crippen LogP contribution >= 0.6 is 0 Å². The first-order valence-corrected chi connectivity index (χ1v) is 6.47. The lowest BCUT2D eigenvalue weighted by Gasteiger charge is -2.18. The molecule has 0 bridgehead atoms. The Balaban J connectivity index is 2.16. The van der Waals surface area contributed by atoms with E-state index in [2.05, 4.69) is 24.9 Å². The van der Waals surface area contributed by atoms with E-state index in [1.54, 1.807) is 0 Å². The molecule has 104 valence electrons. The molecule has 2 heterocycles. The zero-order valence-corrected chi connectivity index (χ0v) is 11.6. The van der Waals surface area contributed by atoms with Crippen LogP contribution in [-0.2, 0) is 4.74 Å². The largest absolute Gasteiger partial charge is 0.463 e. The van der Waals surface area contributed by atoms with Crippen LogP contribution in [0.2, 0.25) is 0 Å². The maximum atomic E-state index is 11.5. The Morgan fingerprint density at radius 1 is 1.58 bits per heavy atom. The van der Waals surface area contributed by atoms with Crippen molar-refractivity contribution in [3.05, 3.63) is 17.6 Å². The van der Waals surface area contributed by atoms with Crippen LogP contribution in [0.25, 0.3) is 0 Å². The van der Waals surface area contributed by atoms with Crippen LogP contribution in [0.5, 0.6) is 0 Å². The molecule has 1 saturated heterocycles. The van der Waals surface area contributed by atoms with Crippen LogP contribution in [0, 0.1) is 12.8 Å². The number of nitrogens with zero attached hydrogens (tertiary/aromatic N) is 3. The Kier molecular flexibility index (Phi) is 4.31. The number of carbonyl (C=O) groups excluding carboxylic acids is 1. The normalized spacial score (nSPS) is 18.7. The van der Waals surface area contributed by atoms with Gasteiger partial charge in [0.2, 0.25) is 5.82 Å². The van der Waals surface area contributed by atoms with Gasteiger partial charge < -0.3 is 15.0 Å². The summed E-state index contributed by atoms with van der Waals surface area (Å²) in [6, 6.07) is 1.91. The van der Waals surface area contributed by atoms with Crippen LogP contribution < -0.4 is 10.2 Å². The van der Waals surface area contributed by atoms with Crippen LogP contribution in [0.1, 0.15) is 22.7 Å². The van der Waals surface area contributed by atoms with Gasteiger partial charge >= 0.3 is 5.97 Å². The molecule has 1 aliphatic heterocycles. The number of ether oxygens (including phenoxy) is 1. The highest BCUT2D eigenvalue weighted by Crippen LogP contribution is 2.22. The quantitative estimate of drug-likeness (QED) is 0.804. The summed E-state index contributed by atoms with van der Waals surface area (Å²) in [7, 11) is 3.30. The topological polar surface area (TPSA) is 67.4 Å². The van der Waals surface area contributed by atoms with E-state index >= 15 is 0 Å². The minimum Gasteiger partial charge on any atom is -0.463 e. The zero-order chi connectivity index (χ0) is 13.8. The first kappa shape index (κ1) is 13.7. The molecule has 1 aromatic rings. The summed E-state index contributed by atoms with van der Waals surface area (Å²) in [6.07, 6.45) is 1.14. The predicted molar refractivity (Wildman–Crippen MR) is 72.4 cm³/mol. The van der Waals surface area contributed by atoms with Crippen molar-refractivity contribution < 1.29 is 9.53 Å². The number of carbonyl (C=O) groups is 1. The number of aryl methyl sites for hydroxylation is 1. The third kappa shape index (κ3) is 3.20. The number of rotatable bonds is 4.